The Bertz CT molecular complexity index is 167. The second-order valence-electron chi connectivity index (χ2n) is 4.88. The van der Waals surface area contributed by atoms with Gasteiger partial charge in [-0.1, -0.05) is 0 Å². The highest BCUT2D eigenvalue weighted by Gasteiger charge is 2.27. The van der Waals surface area contributed by atoms with Gasteiger partial charge < -0.3 is 10.2 Å². The third-order valence-corrected chi connectivity index (χ3v) is 3.78. The van der Waals surface area contributed by atoms with Crippen molar-refractivity contribution in [2.45, 2.75) is 31.3 Å². The highest BCUT2D eigenvalue weighted by Crippen LogP contribution is 2.18. The maximum Gasteiger partial charge on any atom is 0.0232 e. The third-order valence-electron chi connectivity index (χ3n) is 3.78. The molecule has 2 heterocycles. The predicted molar refractivity (Wildman–Crippen MR) is 59.6 cm³/mol. The molecule has 1 N–H and O–H groups in total. The molecule has 1 atom stereocenters. The lowest BCUT2D eigenvalue weighted by Crippen LogP contribution is -2.46. The third kappa shape index (κ3) is 2.27. The van der Waals surface area contributed by atoms with E-state index in [-0.39, 0.29) is 0 Å². The first-order valence-electron chi connectivity index (χ1n) is 5.88. The smallest absolute Gasteiger partial charge is 0.0232 e. The van der Waals surface area contributed by atoms with Gasteiger partial charge in [-0.15, -0.1) is 0 Å². The average Bonchev–Trinajstić information content (AvgIpc) is 2.71. The second kappa shape index (κ2) is 4.60. The zero-order valence-corrected chi connectivity index (χ0v) is 9.50. The molecule has 2 rings (SSSR count). The molecular weight excluding hydrogens is 174 g/mol. The van der Waals surface area contributed by atoms with E-state index in [4.69, 9.17) is 0 Å². The summed E-state index contributed by atoms with van der Waals surface area (Å²) in [4.78, 5) is 5.06. The summed E-state index contributed by atoms with van der Waals surface area (Å²) in [6.45, 7) is 5.04. The molecule has 2 aliphatic heterocycles. The van der Waals surface area contributed by atoms with Crippen molar-refractivity contribution in [3.8, 4) is 0 Å². The van der Waals surface area contributed by atoms with E-state index in [2.05, 4.69) is 29.2 Å². The van der Waals surface area contributed by atoms with Crippen LogP contribution in [0.1, 0.15) is 19.3 Å². The van der Waals surface area contributed by atoms with Gasteiger partial charge in [-0.25, -0.2) is 0 Å². The van der Waals surface area contributed by atoms with Crippen LogP contribution in [0, 0.1) is 0 Å². The molecule has 82 valence electrons. The number of likely N-dealkylation sites (tertiary alicyclic amines) is 1. The van der Waals surface area contributed by atoms with Crippen molar-refractivity contribution in [1.82, 2.24) is 15.1 Å². The zero-order valence-electron chi connectivity index (χ0n) is 9.50. The van der Waals surface area contributed by atoms with Crippen LogP contribution in [0.15, 0.2) is 0 Å². The molecule has 0 aromatic heterocycles. The Morgan fingerprint density at radius 2 is 1.86 bits per heavy atom. The Morgan fingerprint density at radius 3 is 2.36 bits per heavy atom. The van der Waals surface area contributed by atoms with Gasteiger partial charge in [0.1, 0.15) is 0 Å². The fraction of sp³-hybridized carbons (Fsp3) is 1.00. The molecule has 2 saturated heterocycles. The number of hydrogen-bond acceptors (Lipinski definition) is 3. The largest absolute Gasteiger partial charge is 0.315 e. The number of nitrogens with one attached hydrogen (secondary N) is 1. The highest BCUT2D eigenvalue weighted by molar-refractivity contribution is 4.85. The molecule has 0 spiro atoms. The summed E-state index contributed by atoms with van der Waals surface area (Å²) in [6, 6.07) is 1.65. The minimum Gasteiger partial charge on any atom is -0.315 e. The molecule has 0 aromatic rings. The van der Waals surface area contributed by atoms with E-state index in [9.17, 15) is 0 Å². The summed E-state index contributed by atoms with van der Waals surface area (Å²) < 4.78 is 0. The standard InChI is InChI=1S/C11H23N3/c1-13(2)10-4-7-14(8-5-10)11-3-6-12-9-11/h10-12H,3-9H2,1-2H3. The van der Waals surface area contributed by atoms with E-state index in [1.165, 1.54) is 45.4 Å². The van der Waals surface area contributed by atoms with E-state index < -0.39 is 0 Å². The van der Waals surface area contributed by atoms with Crippen LogP contribution in [0.25, 0.3) is 0 Å². The van der Waals surface area contributed by atoms with Crippen molar-refractivity contribution < 1.29 is 0 Å². The van der Waals surface area contributed by atoms with Crippen LogP contribution in [0.2, 0.25) is 0 Å². The van der Waals surface area contributed by atoms with E-state index >= 15 is 0 Å². The lowest BCUT2D eigenvalue weighted by molar-refractivity contribution is 0.115. The SMILES string of the molecule is CN(C)C1CCN(C2CCNC2)CC1. The van der Waals surface area contributed by atoms with Gasteiger partial charge in [0, 0.05) is 18.6 Å². The van der Waals surface area contributed by atoms with Crippen LogP contribution in [-0.2, 0) is 0 Å². The molecule has 0 bridgehead atoms. The normalized spacial score (nSPS) is 31.5. The second-order valence-corrected chi connectivity index (χ2v) is 4.88. The minimum absolute atomic E-state index is 0.820. The number of rotatable bonds is 2. The van der Waals surface area contributed by atoms with E-state index in [0.717, 1.165) is 12.1 Å². The van der Waals surface area contributed by atoms with Crippen LogP contribution in [0.3, 0.4) is 0 Å². The van der Waals surface area contributed by atoms with Gasteiger partial charge in [-0.2, -0.15) is 0 Å². The minimum atomic E-state index is 0.820. The number of hydrogen-bond donors (Lipinski definition) is 1. The van der Waals surface area contributed by atoms with Crippen LogP contribution >= 0.6 is 0 Å². The van der Waals surface area contributed by atoms with Crippen LogP contribution in [-0.4, -0.2) is 62.2 Å². The van der Waals surface area contributed by atoms with Gasteiger partial charge in [0.05, 0.1) is 0 Å². The molecule has 3 heteroatoms. The van der Waals surface area contributed by atoms with Crippen LogP contribution in [0.5, 0.6) is 0 Å². The van der Waals surface area contributed by atoms with Gasteiger partial charge >= 0.3 is 0 Å². The van der Waals surface area contributed by atoms with Gasteiger partial charge in [-0.05, 0) is 53.0 Å². The van der Waals surface area contributed by atoms with E-state index in [1.807, 2.05) is 0 Å². The Balaban J connectivity index is 1.77. The van der Waals surface area contributed by atoms with Crippen LogP contribution < -0.4 is 5.32 Å². The monoisotopic (exact) mass is 197 g/mol. The summed E-state index contributed by atoms with van der Waals surface area (Å²) >= 11 is 0. The molecule has 0 aromatic carbocycles. The molecule has 0 radical (unpaired) electrons. The molecule has 14 heavy (non-hydrogen) atoms. The maximum absolute atomic E-state index is 3.45. The molecule has 3 nitrogen and oxygen atoms in total. The quantitative estimate of drug-likeness (QED) is 0.690. The summed E-state index contributed by atoms with van der Waals surface area (Å²) in [5.74, 6) is 0. The van der Waals surface area contributed by atoms with Gasteiger partial charge in [-0.3, -0.25) is 4.90 Å². The van der Waals surface area contributed by atoms with E-state index in [0.29, 0.717) is 0 Å². The highest BCUT2D eigenvalue weighted by atomic mass is 15.2. The van der Waals surface area contributed by atoms with Gasteiger partial charge in [0.2, 0.25) is 0 Å². The van der Waals surface area contributed by atoms with Gasteiger partial charge in [0.15, 0.2) is 0 Å². The summed E-state index contributed by atoms with van der Waals surface area (Å²) in [5.41, 5.74) is 0. The number of nitrogens with zero attached hydrogens (tertiary/aromatic N) is 2. The maximum atomic E-state index is 3.45. The molecule has 1 unspecified atom stereocenters. The van der Waals surface area contributed by atoms with Crippen molar-refractivity contribution in [2.75, 3.05) is 40.3 Å². The van der Waals surface area contributed by atoms with Crippen molar-refractivity contribution >= 4 is 0 Å². The fourth-order valence-corrected chi connectivity index (χ4v) is 2.72. The van der Waals surface area contributed by atoms with Crippen molar-refractivity contribution in [3.05, 3.63) is 0 Å². The lowest BCUT2D eigenvalue weighted by atomic mass is 10.0. The first-order valence-corrected chi connectivity index (χ1v) is 5.88. The molecular formula is C11H23N3. The first-order chi connectivity index (χ1) is 6.77. The fourth-order valence-electron chi connectivity index (χ4n) is 2.72. The summed E-state index contributed by atoms with van der Waals surface area (Å²) in [6.07, 6.45) is 4.06. The molecule has 0 aliphatic carbocycles. The lowest BCUT2D eigenvalue weighted by Gasteiger charge is -2.38. The topological polar surface area (TPSA) is 18.5 Å². The van der Waals surface area contributed by atoms with Crippen molar-refractivity contribution in [2.24, 2.45) is 0 Å². The number of piperidine rings is 1. The predicted octanol–water partition coefficient (Wildman–Crippen LogP) is 0.374. The Kier molecular flexibility index (Phi) is 3.42. The van der Waals surface area contributed by atoms with E-state index in [1.54, 1.807) is 0 Å². The molecule has 0 amide bonds. The van der Waals surface area contributed by atoms with Gasteiger partial charge in [0.25, 0.3) is 0 Å². The summed E-state index contributed by atoms with van der Waals surface area (Å²) in [5, 5.41) is 3.45. The summed E-state index contributed by atoms with van der Waals surface area (Å²) in [7, 11) is 4.41. The molecule has 2 fully saturated rings. The average molecular weight is 197 g/mol. The van der Waals surface area contributed by atoms with Crippen molar-refractivity contribution in [3.63, 3.8) is 0 Å². The Morgan fingerprint density at radius 1 is 1.14 bits per heavy atom. The first kappa shape index (κ1) is 10.4. The Hall–Kier alpha value is -0.120. The Labute approximate surface area is 87.4 Å². The zero-order chi connectivity index (χ0) is 9.97. The molecule has 2 aliphatic rings. The molecule has 0 saturated carbocycles. The van der Waals surface area contributed by atoms with Crippen molar-refractivity contribution in [1.29, 1.82) is 0 Å². The van der Waals surface area contributed by atoms with Crippen LogP contribution in [0.4, 0.5) is 0 Å².